The van der Waals surface area contributed by atoms with Crippen LogP contribution in [0.1, 0.15) is 24.1 Å². The molecule has 146 valence electrons. The third-order valence-corrected chi connectivity index (χ3v) is 4.69. The van der Waals surface area contributed by atoms with Gasteiger partial charge in [0.05, 0.1) is 17.3 Å². The number of aromatic nitrogens is 2. The molecule has 8 heteroatoms. The number of ether oxygens (including phenoxy) is 2. The molecule has 5 nitrogen and oxygen atoms in total. The van der Waals surface area contributed by atoms with Crippen molar-refractivity contribution in [2.45, 2.75) is 25.2 Å². The lowest BCUT2D eigenvalue weighted by Crippen LogP contribution is -2.37. The van der Waals surface area contributed by atoms with Crippen LogP contribution in [0.3, 0.4) is 0 Å². The molecule has 2 heterocycles. The molecule has 0 fully saturated rings. The van der Waals surface area contributed by atoms with E-state index in [2.05, 4.69) is 22.1 Å². The fourth-order valence-corrected chi connectivity index (χ4v) is 3.10. The third kappa shape index (κ3) is 3.49. The van der Waals surface area contributed by atoms with Gasteiger partial charge in [-0.15, -0.1) is 0 Å². The number of alkyl halides is 3. The summed E-state index contributed by atoms with van der Waals surface area (Å²) < 4.78 is 49.7. The standard InChI is InChI=1S/C20H18F3N3O2/c1-11(13-3-5-16-14(7-13)9-24-26-16)25-12(2)19-10-27-18-8-15(20(21,22)23)4-6-17(18)28-19/h3-9,11,19,25H,2,10H2,1H3,(H,24,26). The van der Waals surface area contributed by atoms with Gasteiger partial charge in [0.25, 0.3) is 0 Å². The zero-order valence-electron chi connectivity index (χ0n) is 15.0. The molecule has 0 bridgehead atoms. The second-order valence-corrected chi connectivity index (χ2v) is 6.68. The topological polar surface area (TPSA) is 59.2 Å². The Balaban J connectivity index is 1.44. The first-order valence-electron chi connectivity index (χ1n) is 8.70. The Labute approximate surface area is 159 Å². The van der Waals surface area contributed by atoms with Gasteiger partial charge in [0.2, 0.25) is 0 Å². The maximum Gasteiger partial charge on any atom is 0.416 e. The molecule has 0 aliphatic carbocycles. The van der Waals surface area contributed by atoms with Gasteiger partial charge in [0.1, 0.15) is 6.61 Å². The van der Waals surface area contributed by atoms with Gasteiger partial charge in [0, 0.05) is 17.1 Å². The van der Waals surface area contributed by atoms with E-state index in [0.717, 1.165) is 28.6 Å². The number of hydrogen-bond donors (Lipinski definition) is 2. The Morgan fingerprint density at radius 1 is 1.25 bits per heavy atom. The molecule has 0 radical (unpaired) electrons. The molecule has 4 rings (SSSR count). The van der Waals surface area contributed by atoms with E-state index in [9.17, 15) is 13.2 Å². The van der Waals surface area contributed by atoms with Gasteiger partial charge in [-0.25, -0.2) is 0 Å². The van der Waals surface area contributed by atoms with Gasteiger partial charge in [-0.3, -0.25) is 5.10 Å². The van der Waals surface area contributed by atoms with Crippen LogP contribution in [0.4, 0.5) is 13.2 Å². The fraction of sp³-hybridized carbons (Fsp3) is 0.250. The summed E-state index contributed by atoms with van der Waals surface area (Å²) in [6, 6.07) is 9.10. The Hall–Kier alpha value is -3.16. The molecule has 2 N–H and O–H groups in total. The largest absolute Gasteiger partial charge is 0.485 e. The molecule has 0 amide bonds. The third-order valence-electron chi connectivity index (χ3n) is 4.69. The minimum Gasteiger partial charge on any atom is -0.485 e. The van der Waals surface area contributed by atoms with E-state index in [1.54, 1.807) is 6.20 Å². The number of rotatable bonds is 4. The maximum absolute atomic E-state index is 12.8. The van der Waals surface area contributed by atoms with Crippen molar-refractivity contribution < 1.29 is 22.6 Å². The average Bonchev–Trinajstić information content (AvgIpc) is 3.14. The smallest absolute Gasteiger partial charge is 0.416 e. The van der Waals surface area contributed by atoms with Gasteiger partial charge in [-0.05, 0) is 42.8 Å². The van der Waals surface area contributed by atoms with Crippen molar-refractivity contribution in [2.75, 3.05) is 6.61 Å². The predicted molar refractivity (Wildman–Crippen MR) is 98.1 cm³/mol. The highest BCUT2D eigenvalue weighted by molar-refractivity contribution is 5.78. The van der Waals surface area contributed by atoms with E-state index in [-0.39, 0.29) is 24.1 Å². The molecule has 0 spiro atoms. The highest BCUT2D eigenvalue weighted by atomic mass is 19.4. The number of H-pyrrole nitrogens is 1. The van der Waals surface area contributed by atoms with Crippen LogP contribution in [0.15, 0.2) is 54.9 Å². The molecule has 1 aromatic heterocycles. The lowest BCUT2D eigenvalue weighted by molar-refractivity contribution is -0.137. The number of nitrogens with one attached hydrogen (secondary N) is 2. The van der Waals surface area contributed by atoms with Crippen molar-refractivity contribution in [3.05, 3.63) is 66.0 Å². The van der Waals surface area contributed by atoms with Gasteiger partial charge in [0.15, 0.2) is 17.6 Å². The average molecular weight is 389 g/mol. The fourth-order valence-electron chi connectivity index (χ4n) is 3.10. The molecule has 2 atom stereocenters. The molecule has 1 aliphatic heterocycles. The molecule has 28 heavy (non-hydrogen) atoms. The van der Waals surface area contributed by atoms with Crippen LogP contribution in [0.25, 0.3) is 10.9 Å². The second kappa shape index (κ2) is 6.78. The molecular formula is C20H18F3N3O2. The summed E-state index contributed by atoms with van der Waals surface area (Å²) >= 11 is 0. The highest BCUT2D eigenvalue weighted by Gasteiger charge is 2.33. The van der Waals surface area contributed by atoms with Crippen molar-refractivity contribution >= 4 is 10.9 Å². The Morgan fingerprint density at radius 3 is 2.86 bits per heavy atom. The van der Waals surface area contributed by atoms with Crippen LogP contribution in [-0.4, -0.2) is 22.9 Å². The van der Waals surface area contributed by atoms with Crippen LogP contribution in [0.5, 0.6) is 11.5 Å². The molecular weight excluding hydrogens is 371 g/mol. The Bertz CT molecular complexity index is 1030. The van der Waals surface area contributed by atoms with E-state index in [1.807, 2.05) is 25.1 Å². The molecule has 3 aromatic rings. The van der Waals surface area contributed by atoms with Gasteiger partial charge < -0.3 is 14.8 Å². The van der Waals surface area contributed by atoms with Crippen LogP contribution >= 0.6 is 0 Å². The van der Waals surface area contributed by atoms with Gasteiger partial charge in [-0.1, -0.05) is 12.6 Å². The summed E-state index contributed by atoms with van der Waals surface area (Å²) in [5.74, 6) is 0.344. The normalized spacial score (nSPS) is 17.4. The minimum absolute atomic E-state index is 0.0515. The molecule has 0 saturated carbocycles. The monoisotopic (exact) mass is 389 g/mol. The number of aromatic amines is 1. The van der Waals surface area contributed by atoms with Crippen molar-refractivity contribution in [1.82, 2.24) is 15.5 Å². The van der Waals surface area contributed by atoms with Crippen LogP contribution in [0, 0.1) is 0 Å². The van der Waals surface area contributed by atoms with Crippen molar-refractivity contribution in [1.29, 1.82) is 0 Å². The summed E-state index contributed by atoms with van der Waals surface area (Å²) in [6.45, 7) is 6.07. The first-order valence-corrected chi connectivity index (χ1v) is 8.70. The van der Waals surface area contributed by atoms with Crippen LogP contribution in [-0.2, 0) is 6.18 Å². The number of fused-ring (bicyclic) bond motifs is 2. The van der Waals surface area contributed by atoms with Crippen molar-refractivity contribution in [2.24, 2.45) is 0 Å². The van der Waals surface area contributed by atoms with E-state index >= 15 is 0 Å². The maximum atomic E-state index is 12.8. The lowest BCUT2D eigenvalue weighted by Gasteiger charge is -2.30. The Kier molecular flexibility index (Phi) is 4.41. The summed E-state index contributed by atoms with van der Waals surface area (Å²) in [6.07, 6.45) is -3.18. The molecule has 2 unspecified atom stereocenters. The molecule has 0 saturated heterocycles. The summed E-state index contributed by atoms with van der Waals surface area (Å²) in [4.78, 5) is 0. The minimum atomic E-state index is -4.42. The first kappa shape index (κ1) is 18.2. The highest BCUT2D eigenvalue weighted by Crippen LogP contribution is 2.39. The summed E-state index contributed by atoms with van der Waals surface area (Å²) in [5.41, 5.74) is 1.81. The lowest BCUT2D eigenvalue weighted by atomic mass is 10.1. The van der Waals surface area contributed by atoms with Crippen LogP contribution in [0.2, 0.25) is 0 Å². The summed E-state index contributed by atoms with van der Waals surface area (Å²) in [7, 11) is 0. The molecule has 1 aliphatic rings. The number of nitrogens with zero attached hydrogens (tertiary/aromatic N) is 1. The van der Waals surface area contributed by atoms with Gasteiger partial charge in [-0.2, -0.15) is 18.3 Å². The van der Waals surface area contributed by atoms with Gasteiger partial charge >= 0.3 is 6.18 Å². The summed E-state index contributed by atoms with van der Waals surface area (Å²) in [5, 5.41) is 11.2. The Morgan fingerprint density at radius 2 is 2.07 bits per heavy atom. The second-order valence-electron chi connectivity index (χ2n) is 6.68. The number of halogens is 3. The van der Waals surface area contributed by atoms with E-state index in [4.69, 9.17) is 9.47 Å². The SMILES string of the molecule is C=C(NC(C)c1ccc2[nH]ncc2c1)C1COc2cc(C(F)(F)F)ccc2O1. The quantitative estimate of drug-likeness (QED) is 0.686. The van der Waals surface area contributed by atoms with Crippen molar-refractivity contribution in [3.8, 4) is 11.5 Å². The molecule has 2 aromatic carbocycles. The van der Waals surface area contributed by atoms with E-state index < -0.39 is 17.8 Å². The first-order chi connectivity index (χ1) is 13.3. The zero-order chi connectivity index (χ0) is 19.9. The zero-order valence-corrected chi connectivity index (χ0v) is 15.0. The van der Waals surface area contributed by atoms with Crippen LogP contribution < -0.4 is 14.8 Å². The van der Waals surface area contributed by atoms with Crippen molar-refractivity contribution in [3.63, 3.8) is 0 Å². The predicted octanol–water partition coefficient (Wildman–Crippen LogP) is 4.59. The van der Waals surface area contributed by atoms with E-state index in [1.165, 1.54) is 6.07 Å². The number of benzene rings is 2. The van der Waals surface area contributed by atoms with E-state index in [0.29, 0.717) is 5.70 Å². The number of hydrogen-bond acceptors (Lipinski definition) is 4.